The van der Waals surface area contributed by atoms with E-state index in [0.717, 1.165) is 5.56 Å². The van der Waals surface area contributed by atoms with Crippen molar-refractivity contribution in [2.45, 2.75) is 13.0 Å². The smallest absolute Gasteiger partial charge is 0.244 e. The number of hydrogen-bond donors (Lipinski definition) is 2. The van der Waals surface area contributed by atoms with Crippen LogP contribution in [0.4, 0.5) is 0 Å². The lowest BCUT2D eigenvalue weighted by Gasteiger charge is -2.07. The number of aryl methyl sites for hydroxylation is 1. The highest BCUT2D eigenvalue weighted by Gasteiger charge is 2.10. The van der Waals surface area contributed by atoms with Crippen LogP contribution in [0.15, 0.2) is 53.2 Å². The average molecular weight is 271 g/mol. The Kier molecular flexibility index (Phi) is 4.74. The van der Waals surface area contributed by atoms with E-state index in [4.69, 9.17) is 4.42 Å². The molecule has 1 amide bonds. The van der Waals surface area contributed by atoms with Gasteiger partial charge in [0.1, 0.15) is 11.9 Å². The zero-order chi connectivity index (χ0) is 14.4. The summed E-state index contributed by atoms with van der Waals surface area (Å²) >= 11 is 0. The molecular weight excluding hydrogens is 254 g/mol. The minimum absolute atomic E-state index is 0.116. The molecule has 4 heteroatoms. The molecule has 104 valence electrons. The van der Waals surface area contributed by atoms with Crippen molar-refractivity contribution in [3.63, 3.8) is 0 Å². The molecule has 2 N–H and O–H groups in total. The first kappa shape index (κ1) is 14.1. The molecule has 2 aromatic rings. The van der Waals surface area contributed by atoms with Crippen LogP contribution in [0, 0.1) is 6.92 Å². The van der Waals surface area contributed by atoms with Crippen molar-refractivity contribution in [1.82, 2.24) is 5.32 Å². The van der Waals surface area contributed by atoms with E-state index in [1.165, 1.54) is 17.9 Å². The summed E-state index contributed by atoms with van der Waals surface area (Å²) in [6.07, 6.45) is 3.83. The summed E-state index contributed by atoms with van der Waals surface area (Å²) in [6.45, 7) is 2.13. The maximum absolute atomic E-state index is 11.6. The van der Waals surface area contributed by atoms with Gasteiger partial charge in [-0.1, -0.05) is 29.8 Å². The lowest BCUT2D eigenvalue weighted by molar-refractivity contribution is -0.116. The number of furan rings is 1. The Labute approximate surface area is 117 Å². The molecule has 0 fully saturated rings. The van der Waals surface area contributed by atoms with Gasteiger partial charge in [-0.15, -0.1) is 0 Å². The third-order valence-corrected chi connectivity index (χ3v) is 2.85. The minimum Gasteiger partial charge on any atom is -0.467 e. The van der Waals surface area contributed by atoms with Gasteiger partial charge >= 0.3 is 0 Å². The summed E-state index contributed by atoms with van der Waals surface area (Å²) in [5.41, 5.74) is 2.13. The van der Waals surface area contributed by atoms with Gasteiger partial charge in [0.05, 0.1) is 12.8 Å². The largest absolute Gasteiger partial charge is 0.467 e. The number of carbonyl (C=O) groups excluding carboxylic acids is 1. The number of hydrogen-bond acceptors (Lipinski definition) is 3. The summed E-state index contributed by atoms with van der Waals surface area (Å²) in [6, 6.07) is 11.2. The SMILES string of the molecule is Cc1ccc(/C=C/C(=O)NCC(O)c2ccco2)cc1. The first-order chi connectivity index (χ1) is 9.65. The summed E-state index contributed by atoms with van der Waals surface area (Å²) in [5, 5.41) is 12.4. The standard InChI is InChI=1S/C16H17NO3/c1-12-4-6-13(7-5-12)8-9-16(19)17-11-14(18)15-3-2-10-20-15/h2-10,14,18H,11H2,1H3,(H,17,19)/b9-8+. The molecule has 4 nitrogen and oxygen atoms in total. The highest BCUT2D eigenvalue weighted by Crippen LogP contribution is 2.11. The van der Waals surface area contributed by atoms with Crippen molar-refractivity contribution < 1.29 is 14.3 Å². The van der Waals surface area contributed by atoms with Gasteiger partial charge in [-0.3, -0.25) is 4.79 Å². The van der Waals surface area contributed by atoms with Crippen LogP contribution in [-0.4, -0.2) is 17.6 Å². The normalized spacial score (nSPS) is 12.5. The van der Waals surface area contributed by atoms with E-state index in [9.17, 15) is 9.90 Å². The Morgan fingerprint density at radius 2 is 2.10 bits per heavy atom. The molecule has 0 bridgehead atoms. The first-order valence-corrected chi connectivity index (χ1v) is 6.39. The molecular formula is C16H17NO3. The van der Waals surface area contributed by atoms with Crippen LogP contribution in [-0.2, 0) is 4.79 Å². The van der Waals surface area contributed by atoms with Gasteiger partial charge in [0.15, 0.2) is 0 Å². The molecule has 0 saturated heterocycles. The van der Waals surface area contributed by atoms with Crippen LogP contribution in [0.5, 0.6) is 0 Å². The van der Waals surface area contributed by atoms with Crippen LogP contribution in [0.2, 0.25) is 0 Å². The third-order valence-electron chi connectivity index (χ3n) is 2.85. The Bertz CT molecular complexity index is 570. The predicted molar refractivity (Wildman–Crippen MR) is 76.9 cm³/mol. The quantitative estimate of drug-likeness (QED) is 0.821. The van der Waals surface area contributed by atoms with E-state index < -0.39 is 6.10 Å². The monoisotopic (exact) mass is 271 g/mol. The fraction of sp³-hybridized carbons (Fsp3) is 0.188. The Balaban J connectivity index is 1.82. The maximum atomic E-state index is 11.6. The van der Waals surface area contributed by atoms with E-state index in [1.54, 1.807) is 18.2 Å². The van der Waals surface area contributed by atoms with Crippen molar-refractivity contribution >= 4 is 12.0 Å². The van der Waals surface area contributed by atoms with Gasteiger partial charge < -0.3 is 14.8 Å². The zero-order valence-corrected chi connectivity index (χ0v) is 11.2. The number of carbonyl (C=O) groups is 1. The molecule has 1 atom stereocenters. The van der Waals surface area contributed by atoms with Crippen LogP contribution in [0.3, 0.4) is 0 Å². The second kappa shape index (κ2) is 6.73. The van der Waals surface area contributed by atoms with Crippen molar-refractivity contribution in [3.05, 3.63) is 65.6 Å². The van der Waals surface area contributed by atoms with Crippen LogP contribution >= 0.6 is 0 Å². The topological polar surface area (TPSA) is 62.5 Å². The van der Waals surface area contributed by atoms with E-state index in [2.05, 4.69) is 5.32 Å². The number of aliphatic hydroxyl groups is 1. The van der Waals surface area contributed by atoms with Crippen LogP contribution < -0.4 is 5.32 Å². The number of amides is 1. The van der Waals surface area contributed by atoms with Crippen molar-refractivity contribution in [1.29, 1.82) is 0 Å². The van der Waals surface area contributed by atoms with E-state index in [1.807, 2.05) is 31.2 Å². The van der Waals surface area contributed by atoms with Crippen LogP contribution in [0.25, 0.3) is 6.08 Å². The molecule has 1 unspecified atom stereocenters. The molecule has 1 aromatic heterocycles. The molecule has 1 heterocycles. The van der Waals surface area contributed by atoms with Gasteiger partial charge in [0, 0.05) is 6.08 Å². The number of aliphatic hydroxyl groups excluding tert-OH is 1. The maximum Gasteiger partial charge on any atom is 0.244 e. The molecule has 0 spiro atoms. The van der Waals surface area contributed by atoms with Gasteiger partial charge in [0.2, 0.25) is 5.91 Å². The van der Waals surface area contributed by atoms with Gasteiger partial charge in [-0.05, 0) is 30.7 Å². The fourth-order valence-electron chi connectivity index (χ4n) is 1.69. The average Bonchev–Trinajstić information content (AvgIpc) is 2.98. The minimum atomic E-state index is -0.832. The highest BCUT2D eigenvalue weighted by atomic mass is 16.4. The molecule has 0 saturated carbocycles. The van der Waals surface area contributed by atoms with E-state index >= 15 is 0 Å². The van der Waals surface area contributed by atoms with Gasteiger partial charge in [-0.25, -0.2) is 0 Å². The third kappa shape index (κ3) is 4.10. The first-order valence-electron chi connectivity index (χ1n) is 6.39. The number of nitrogens with one attached hydrogen (secondary N) is 1. The Morgan fingerprint density at radius 3 is 2.75 bits per heavy atom. The van der Waals surface area contributed by atoms with E-state index in [0.29, 0.717) is 5.76 Å². The van der Waals surface area contributed by atoms with Gasteiger partial charge in [-0.2, -0.15) is 0 Å². The molecule has 20 heavy (non-hydrogen) atoms. The zero-order valence-electron chi connectivity index (χ0n) is 11.2. The highest BCUT2D eigenvalue weighted by molar-refractivity contribution is 5.91. The Hall–Kier alpha value is -2.33. The van der Waals surface area contributed by atoms with Crippen LogP contribution in [0.1, 0.15) is 23.0 Å². The molecule has 2 rings (SSSR count). The molecule has 0 aliphatic rings. The second-order valence-corrected chi connectivity index (χ2v) is 4.52. The lowest BCUT2D eigenvalue weighted by atomic mass is 10.1. The Morgan fingerprint density at radius 1 is 1.35 bits per heavy atom. The van der Waals surface area contributed by atoms with Crippen molar-refractivity contribution in [3.8, 4) is 0 Å². The molecule has 0 radical (unpaired) electrons. The van der Waals surface area contributed by atoms with Gasteiger partial charge in [0.25, 0.3) is 0 Å². The van der Waals surface area contributed by atoms with E-state index in [-0.39, 0.29) is 12.5 Å². The molecule has 0 aliphatic heterocycles. The number of benzene rings is 1. The lowest BCUT2D eigenvalue weighted by Crippen LogP contribution is -2.26. The predicted octanol–water partition coefficient (Wildman–Crippen LogP) is 2.45. The molecule has 1 aromatic carbocycles. The summed E-state index contributed by atoms with van der Waals surface area (Å²) < 4.78 is 5.05. The van der Waals surface area contributed by atoms with Crippen molar-refractivity contribution in [2.75, 3.05) is 6.54 Å². The summed E-state index contributed by atoms with van der Waals surface area (Å²) in [4.78, 5) is 11.6. The number of rotatable bonds is 5. The fourth-order valence-corrected chi connectivity index (χ4v) is 1.69. The molecule has 0 aliphatic carbocycles. The summed E-state index contributed by atoms with van der Waals surface area (Å²) in [7, 11) is 0. The second-order valence-electron chi connectivity index (χ2n) is 4.52. The van der Waals surface area contributed by atoms with Crippen molar-refractivity contribution in [2.24, 2.45) is 0 Å². The summed E-state index contributed by atoms with van der Waals surface area (Å²) in [5.74, 6) is 0.184.